The van der Waals surface area contributed by atoms with Crippen molar-refractivity contribution < 1.29 is 9.66 Å². The van der Waals surface area contributed by atoms with Crippen LogP contribution in [0.5, 0.6) is 0 Å². The number of ether oxygens (including phenoxy) is 1. The van der Waals surface area contributed by atoms with Crippen molar-refractivity contribution in [2.45, 2.75) is 25.7 Å². The van der Waals surface area contributed by atoms with Gasteiger partial charge in [0, 0.05) is 6.92 Å². The second-order valence-corrected chi connectivity index (χ2v) is 3.72. The van der Waals surface area contributed by atoms with Crippen LogP contribution < -0.4 is 0 Å². The highest BCUT2D eigenvalue weighted by Crippen LogP contribution is 2.49. The lowest BCUT2D eigenvalue weighted by molar-refractivity contribution is -0.558. The molecule has 1 aliphatic rings. The topological polar surface area (TPSA) is 55.7 Å². The zero-order valence-corrected chi connectivity index (χ0v) is 8.06. The molecule has 0 N–H and O–H groups in total. The summed E-state index contributed by atoms with van der Waals surface area (Å²) < 4.78 is 5.09. The van der Waals surface area contributed by atoms with Gasteiger partial charge in [-0.2, -0.15) is 0 Å². The predicted molar refractivity (Wildman–Crippen MR) is 50.4 cm³/mol. The highest BCUT2D eigenvalue weighted by Gasteiger charge is 2.65. The largest absolute Gasteiger partial charge is 0.353 e. The van der Waals surface area contributed by atoms with Crippen LogP contribution in [0, 0.1) is 17.0 Å². The fourth-order valence-corrected chi connectivity index (χ4v) is 1.46. The van der Waals surface area contributed by atoms with Crippen LogP contribution in [0.25, 0.3) is 0 Å². The maximum atomic E-state index is 10.6. The van der Waals surface area contributed by atoms with E-state index in [1.54, 1.807) is 0 Å². The molecule has 0 radical (unpaired) electrons. The molecule has 1 aromatic rings. The molecule has 1 fully saturated rings. The molecule has 0 bridgehead atoms. The Labute approximate surface area is 81.7 Å². The predicted octanol–water partition coefficient (Wildman–Crippen LogP) is 2.06. The van der Waals surface area contributed by atoms with Crippen LogP contribution >= 0.6 is 0 Å². The Morgan fingerprint density at radius 3 is 2.43 bits per heavy atom. The summed E-state index contributed by atoms with van der Waals surface area (Å²) >= 11 is 0. The van der Waals surface area contributed by atoms with E-state index < -0.39 is 11.8 Å². The number of hydrogen-bond donors (Lipinski definition) is 0. The Balaban J connectivity index is 2.21. The normalized spacial score (nSPS) is 30.0. The smallest absolute Gasteiger partial charge is 0.294 e. The molecule has 1 aromatic carbocycles. The van der Waals surface area contributed by atoms with Crippen molar-refractivity contribution >= 4 is 0 Å². The van der Waals surface area contributed by atoms with Gasteiger partial charge >= 0.3 is 5.72 Å². The second-order valence-electron chi connectivity index (χ2n) is 3.72. The number of benzene rings is 1. The van der Waals surface area contributed by atoms with E-state index in [1.807, 2.05) is 31.2 Å². The number of epoxide rings is 1. The molecule has 0 saturated carbocycles. The van der Waals surface area contributed by atoms with E-state index in [0.717, 1.165) is 11.1 Å². The third-order valence-electron chi connectivity index (χ3n) is 2.53. The molecular weight excluding hydrogens is 182 g/mol. The van der Waals surface area contributed by atoms with E-state index in [2.05, 4.69) is 0 Å². The SMILES string of the molecule is Cc1ccc(C2OC2(C)[N+](=O)[O-])cc1. The minimum atomic E-state index is -1.21. The van der Waals surface area contributed by atoms with Crippen LogP contribution in [0.1, 0.15) is 24.2 Å². The van der Waals surface area contributed by atoms with E-state index in [4.69, 9.17) is 4.74 Å². The minimum absolute atomic E-state index is 0.377. The summed E-state index contributed by atoms with van der Waals surface area (Å²) in [5.41, 5.74) is 0.793. The van der Waals surface area contributed by atoms with Gasteiger partial charge in [-0.15, -0.1) is 0 Å². The highest BCUT2D eigenvalue weighted by molar-refractivity contribution is 5.27. The Bertz CT molecular complexity index is 373. The van der Waals surface area contributed by atoms with Crippen molar-refractivity contribution in [1.29, 1.82) is 0 Å². The van der Waals surface area contributed by atoms with E-state index in [0.29, 0.717) is 0 Å². The molecule has 0 spiro atoms. The first-order valence-corrected chi connectivity index (χ1v) is 4.43. The zero-order chi connectivity index (χ0) is 10.3. The van der Waals surface area contributed by atoms with Crippen LogP contribution in [-0.4, -0.2) is 10.6 Å². The van der Waals surface area contributed by atoms with E-state index in [-0.39, 0.29) is 4.92 Å². The average Bonchev–Trinajstić information content (AvgIpc) is 2.81. The van der Waals surface area contributed by atoms with Gasteiger partial charge in [0.1, 0.15) is 0 Å². The van der Waals surface area contributed by atoms with Crippen molar-refractivity contribution in [1.82, 2.24) is 0 Å². The second kappa shape index (κ2) is 2.78. The number of nitrogens with zero attached hydrogens (tertiary/aromatic N) is 1. The van der Waals surface area contributed by atoms with Gasteiger partial charge in [-0.25, -0.2) is 0 Å². The maximum Gasteiger partial charge on any atom is 0.353 e. The summed E-state index contributed by atoms with van der Waals surface area (Å²) in [7, 11) is 0. The Morgan fingerprint density at radius 1 is 1.43 bits per heavy atom. The van der Waals surface area contributed by atoms with Gasteiger partial charge in [0.25, 0.3) is 0 Å². The van der Waals surface area contributed by atoms with Gasteiger partial charge in [-0.1, -0.05) is 29.8 Å². The summed E-state index contributed by atoms with van der Waals surface area (Å²) in [6, 6.07) is 7.60. The molecule has 14 heavy (non-hydrogen) atoms. The Kier molecular flexibility index (Phi) is 1.82. The summed E-state index contributed by atoms with van der Waals surface area (Å²) in [5.74, 6) is 0. The third kappa shape index (κ3) is 1.28. The van der Waals surface area contributed by atoms with Crippen molar-refractivity contribution in [3.63, 3.8) is 0 Å². The van der Waals surface area contributed by atoms with Gasteiger partial charge in [-0.05, 0) is 12.5 Å². The van der Waals surface area contributed by atoms with Crippen LogP contribution in [0.15, 0.2) is 24.3 Å². The molecule has 4 nitrogen and oxygen atoms in total. The molecule has 0 amide bonds. The highest BCUT2D eigenvalue weighted by atomic mass is 16.7. The van der Waals surface area contributed by atoms with Crippen molar-refractivity contribution in [2.75, 3.05) is 0 Å². The summed E-state index contributed by atoms with van der Waals surface area (Å²) in [6.45, 7) is 3.47. The lowest BCUT2D eigenvalue weighted by Crippen LogP contribution is -2.19. The van der Waals surface area contributed by atoms with Crippen molar-refractivity contribution in [3.05, 3.63) is 45.5 Å². The molecule has 2 atom stereocenters. The molecule has 1 saturated heterocycles. The average molecular weight is 193 g/mol. The molecular formula is C10H11NO3. The molecule has 1 aliphatic heterocycles. The summed E-state index contributed by atoms with van der Waals surface area (Å²) in [5, 5.41) is 10.6. The van der Waals surface area contributed by atoms with Crippen LogP contribution in [0.4, 0.5) is 0 Å². The standard InChI is InChI=1S/C10H11NO3/c1-7-3-5-8(6-4-7)9-10(2,14-9)11(12)13/h3-6,9H,1-2H3. The fraction of sp³-hybridized carbons (Fsp3) is 0.400. The first kappa shape index (κ1) is 9.15. The molecule has 1 heterocycles. The Hall–Kier alpha value is -1.42. The monoisotopic (exact) mass is 193 g/mol. The van der Waals surface area contributed by atoms with Crippen molar-refractivity contribution in [2.24, 2.45) is 0 Å². The summed E-state index contributed by atoms with van der Waals surface area (Å²) in [4.78, 5) is 10.2. The molecule has 0 aliphatic carbocycles. The van der Waals surface area contributed by atoms with Gasteiger partial charge in [0.05, 0.1) is 4.92 Å². The molecule has 74 valence electrons. The summed E-state index contributed by atoms with van der Waals surface area (Å²) in [6.07, 6.45) is -0.391. The van der Waals surface area contributed by atoms with Crippen LogP contribution in [0.2, 0.25) is 0 Å². The van der Waals surface area contributed by atoms with E-state index in [1.165, 1.54) is 6.92 Å². The van der Waals surface area contributed by atoms with Gasteiger partial charge < -0.3 is 0 Å². The van der Waals surface area contributed by atoms with Gasteiger partial charge in [0.2, 0.25) is 0 Å². The molecule has 4 heteroatoms. The first-order valence-electron chi connectivity index (χ1n) is 4.43. The minimum Gasteiger partial charge on any atom is -0.294 e. The number of rotatable bonds is 2. The fourth-order valence-electron chi connectivity index (χ4n) is 1.46. The Morgan fingerprint density at radius 2 is 2.00 bits per heavy atom. The van der Waals surface area contributed by atoms with Crippen LogP contribution in [-0.2, 0) is 4.74 Å². The quantitative estimate of drug-likeness (QED) is 0.410. The molecule has 2 rings (SSSR count). The molecule has 0 aromatic heterocycles. The van der Waals surface area contributed by atoms with Gasteiger partial charge in [-0.3, -0.25) is 14.9 Å². The van der Waals surface area contributed by atoms with Crippen LogP contribution in [0.3, 0.4) is 0 Å². The number of hydrogen-bond acceptors (Lipinski definition) is 3. The lowest BCUT2D eigenvalue weighted by atomic mass is 10.1. The van der Waals surface area contributed by atoms with Gasteiger partial charge in [0.15, 0.2) is 6.10 Å². The number of nitro groups is 1. The lowest BCUT2D eigenvalue weighted by Gasteiger charge is -1.97. The van der Waals surface area contributed by atoms with E-state index >= 15 is 0 Å². The number of aryl methyl sites for hydroxylation is 1. The molecule has 2 unspecified atom stereocenters. The first-order chi connectivity index (χ1) is 6.54. The van der Waals surface area contributed by atoms with E-state index in [9.17, 15) is 10.1 Å². The zero-order valence-electron chi connectivity index (χ0n) is 8.06. The third-order valence-corrected chi connectivity index (χ3v) is 2.53. The maximum absolute atomic E-state index is 10.6. The van der Waals surface area contributed by atoms with Crippen molar-refractivity contribution in [3.8, 4) is 0 Å².